The maximum atomic E-state index is 12.4. The summed E-state index contributed by atoms with van der Waals surface area (Å²) in [6.45, 7) is -0.500. The number of nitrogens with two attached hydrogens (primary N) is 1. The number of aliphatic carboxylic acids is 1. The smallest absolute Gasteiger partial charge is 0.353 e. The van der Waals surface area contributed by atoms with E-state index in [0.29, 0.717) is 25.8 Å². The monoisotopic (exact) mass is 402 g/mol. The molecule has 3 unspecified atom stereocenters. The van der Waals surface area contributed by atoms with Crippen LogP contribution in [0, 0.1) is 0 Å². The first kappa shape index (κ1) is 23.3. The number of carbonyl (C=O) groups is 2. The maximum Gasteiger partial charge on any atom is 0.353 e. The van der Waals surface area contributed by atoms with E-state index >= 15 is 0 Å². The van der Waals surface area contributed by atoms with E-state index in [9.17, 15) is 24.2 Å². The Morgan fingerprint density at radius 2 is 1.89 bits per heavy atom. The molecule has 0 aromatic heterocycles. The van der Waals surface area contributed by atoms with Crippen LogP contribution in [-0.4, -0.2) is 52.0 Å². The first-order valence-corrected chi connectivity index (χ1v) is 10.3. The summed E-state index contributed by atoms with van der Waals surface area (Å²) in [5, 5.41) is 20.8. The van der Waals surface area contributed by atoms with Crippen LogP contribution in [0.15, 0.2) is 30.3 Å². The van der Waals surface area contributed by atoms with Gasteiger partial charge in [0.05, 0.1) is 6.61 Å². The van der Waals surface area contributed by atoms with Crippen LogP contribution in [0.4, 0.5) is 0 Å². The molecule has 0 radical (unpaired) electrons. The maximum absolute atomic E-state index is 12.4. The Morgan fingerprint density at radius 1 is 1.22 bits per heavy atom. The number of aliphatic hydroxyl groups excluding tert-OH is 1. The molecule has 0 bridgehead atoms. The van der Waals surface area contributed by atoms with Crippen molar-refractivity contribution in [3.63, 3.8) is 0 Å². The lowest BCUT2D eigenvalue weighted by Crippen LogP contribution is -2.39. The molecule has 6 N–H and O–H groups in total. The number of aryl methyl sites for hydroxylation is 1. The fourth-order valence-electron chi connectivity index (χ4n) is 2.34. The van der Waals surface area contributed by atoms with E-state index in [1.807, 2.05) is 30.3 Å². The number of carbonyl (C=O) groups excluding carboxylic acids is 1. The van der Waals surface area contributed by atoms with E-state index in [0.717, 1.165) is 5.56 Å². The summed E-state index contributed by atoms with van der Waals surface area (Å²) in [5.74, 6) is -3.55. The Hall–Kier alpha value is -1.77. The normalized spacial score (nSPS) is 15.5. The molecule has 27 heavy (non-hydrogen) atoms. The number of unbranched alkanes of at least 4 members (excludes halogenated alkanes) is 1. The van der Waals surface area contributed by atoms with E-state index in [4.69, 9.17) is 15.4 Å². The first-order valence-electron chi connectivity index (χ1n) is 8.68. The third-order valence-electron chi connectivity index (χ3n) is 3.85. The fraction of sp³-hybridized carbons (Fsp3) is 0.529. The van der Waals surface area contributed by atoms with Crippen LogP contribution in [0.3, 0.4) is 0 Å². The molecule has 152 valence electrons. The van der Waals surface area contributed by atoms with Gasteiger partial charge in [0.25, 0.3) is 0 Å². The average Bonchev–Trinajstić information content (AvgIpc) is 2.64. The van der Waals surface area contributed by atoms with Gasteiger partial charge in [-0.2, -0.15) is 0 Å². The lowest BCUT2D eigenvalue weighted by Gasteiger charge is -2.24. The Morgan fingerprint density at radius 3 is 2.44 bits per heavy atom. The molecule has 9 nitrogen and oxygen atoms in total. The molecule has 0 heterocycles. The average molecular weight is 402 g/mol. The molecule has 3 atom stereocenters. The largest absolute Gasteiger partial charge is 0.479 e. The van der Waals surface area contributed by atoms with Gasteiger partial charge in [-0.05, 0) is 37.8 Å². The summed E-state index contributed by atoms with van der Waals surface area (Å²) in [6, 6.07) is 9.19. The Labute approximate surface area is 158 Å². The van der Waals surface area contributed by atoms with Gasteiger partial charge in [0.2, 0.25) is 5.91 Å². The summed E-state index contributed by atoms with van der Waals surface area (Å²) in [5.41, 5.74) is 6.26. The third kappa shape index (κ3) is 8.64. The molecule has 0 saturated carbocycles. The number of benzene rings is 1. The highest BCUT2D eigenvalue weighted by Crippen LogP contribution is 2.48. The van der Waals surface area contributed by atoms with Crippen molar-refractivity contribution < 1.29 is 33.8 Å². The molecule has 0 aliphatic carbocycles. The second-order valence-corrected chi connectivity index (χ2v) is 7.99. The quantitative estimate of drug-likeness (QED) is 0.240. The van der Waals surface area contributed by atoms with E-state index < -0.39 is 38.0 Å². The minimum absolute atomic E-state index is 0.00279. The van der Waals surface area contributed by atoms with E-state index in [1.165, 1.54) is 0 Å². The molecule has 1 aromatic rings. The molecule has 0 aliphatic rings. The lowest BCUT2D eigenvalue weighted by atomic mass is 10.1. The van der Waals surface area contributed by atoms with E-state index in [1.54, 1.807) is 0 Å². The van der Waals surface area contributed by atoms with Crippen LogP contribution in [0.2, 0.25) is 0 Å². The Kier molecular flexibility index (Phi) is 10.2. The number of amides is 1. The van der Waals surface area contributed by atoms with Gasteiger partial charge in [0, 0.05) is 6.42 Å². The molecule has 0 spiro atoms. The van der Waals surface area contributed by atoms with Gasteiger partial charge >= 0.3 is 13.6 Å². The van der Waals surface area contributed by atoms with Gasteiger partial charge in [0.1, 0.15) is 0 Å². The predicted octanol–water partition coefficient (Wildman–Crippen LogP) is 0.838. The summed E-state index contributed by atoms with van der Waals surface area (Å²) < 4.78 is 17.2. The molecule has 1 rings (SSSR count). The molecule has 0 saturated heterocycles. The summed E-state index contributed by atoms with van der Waals surface area (Å²) in [4.78, 5) is 33.3. The molecule has 1 aromatic carbocycles. The number of carboxylic acids is 1. The highest BCUT2D eigenvalue weighted by Gasteiger charge is 2.37. The van der Waals surface area contributed by atoms with Crippen LogP contribution in [0.25, 0.3) is 0 Å². The molecular weight excluding hydrogens is 375 g/mol. The van der Waals surface area contributed by atoms with Crippen molar-refractivity contribution in [2.75, 3.05) is 13.2 Å². The van der Waals surface area contributed by atoms with Gasteiger partial charge in [-0.15, -0.1) is 0 Å². The van der Waals surface area contributed by atoms with Gasteiger partial charge < -0.3 is 26.2 Å². The zero-order chi connectivity index (χ0) is 20.3. The minimum atomic E-state index is -4.60. The molecule has 0 fully saturated rings. The summed E-state index contributed by atoms with van der Waals surface area (Å²) in [6.07, 6.45) is -0.125. The topological polar surface area (TPSA) is 159 Å². The van der Waals surface area contributed by atoms with Crippen LogP contribution < -0.4 is 11.1 Å². The van der Waals surface area contributed by atoms with Crippen LogP contribution >= 0.6 is 7.60 Å². The van der Waals surface area contributed by atoms with Gasteiger partial charge in [-0.1, -0.05) is 30.3 Å². The van der Waals surface area contributed by atoms with Crippen LogP contribution in [-0.2, 0) is 25.1 Å². The number of rotatable bonds is 13. The Bertz CT molecular complexity index is 641. The molecule has 1 amide bonds. The molecule has 10 heteroatoms. The van der Waals surface area contributed by atoms with E-state index in [2.05, 4.69) is 5.32 Å². The van der Waals surface area contributed by atoms with Crippen molar-refractivity contribution in [1.29, 1.82) is 0 Å². The number of hydrogen-bond acceptors (Lipinski definition) is 6. The van der Waals surface area contributed by atoms with Crippen molar-refractivity contribution in [3.05, 3.63) is 35.9 Å². The van der Waals surface area contributed by atoms with Crippen molar-refractivity contribution in [2.45, 2.75) is 44.0 Å². The number of nitrogens with one attached hydrogen (secondary N) is 1. The predicted molar refractivity (Wildman–Crippen MR) is 99.0 cm³/mol. The minimum Gasteiger partial charge on any atom is -0.479 e. The van der Waals surface area contributed by atoms with Crippen molar-refractivity contribution in [3.8, 4) is 0 Å². The molecule has 0 aliphatic heterocycles. The fourth-order valence-corrected chi connectivity index (χ4v) is 3.56. The van der Waals surface area contributed by atoms with Crippen LogP contribution in [0.5, 0.6) is 0 Å². The van der Waals surface area contributed by atoms with Gasteiger partial charge in [0.15, 0.2) is 11.9 Å². The van der Waals surface area contributed by atoms with Crippen molar-refractivity contribution >= 4 is 19.5 Å². The third-order valence-corrected chi connectivity index (χ3v) is 5.49. The number of aliphatic hydroxyl groups is 1. The first-order chi connectivity index (χ1) is 12.8. The standard InChI is InChI=1S/C17H27N2O7P/c18-11-5-4-8-14(17(22)23)26-27(24,25)16(12-20)19-15(21)10-9-13-6-2-1-3-7-13/h1-3,6-7,14,16,20H,4-5,8-12,18H2,(H,19,21)(H,22,23)(H,24,25). The SMILES string of the molecule is NCCCCC(OP(=O)(O)C(CO)NC(=O)CCc1ccccc1)C(=O)O. The highest BCUT2D eigenvalue weighted by molar-refractivity contribution is 7.53. The second kappa shape index (κ2) is 11.8. The van der Waals surface area contributed by atoms with Gasteiger partial charge in [-0.3, -0.25) is 13.9 Å². The molecular formula is C17H27N2O7P. The van der Waals surface area contributed by atoms with Crippen molar-refractivity contribution in [2.24, 2.45) is 5.73 Å². The van der Waals surface area contributed by atoms with Crippen molar-refractivity contribution in [1.82, 2.24) is 5.32 Å². The summed E-state index contributed by atoms with van der Waals surface area (Å²) in [7, 11) is -4.60. The zero-order valence-electron chi connectivity index (χ0n) is 15.0. The number of hydrogen-bond donors (Lipinski definition) is 5. The van der Waals surface area contributed by atoms with Gasteiger partial charge in [-0.25, -0.2) is 4.79 Å². The van der Waals surface area contributed by atoms with E-state index in [-0.39, 0.29) is 12.8 Å². The lowest BCUT2D eigenvalue weighted by molar-refractivity contribution is -0.145. The Balaban J connectivity index is 2.63. The zero-order valence-corrected chi connectivity index (χ0v) is 15.9. The van der Waals surface area contributed by atoms with Crippen LogP contribution in [0.1, 0.15) is 31.2 Å². The summed E-state index contributed by atoms with van der Waals surface area (Å²) >= 11 is 0. The second-order valence-electron chi connectivity index (χ2n) is 6.03. The number of carboxylic acid groups (broad SMARTS) is 1. The highest BCUT2D eigenvalue weighted by atomic mass is 31.2.